The molecule has 3 fully saturated rings. The summed E-state index contributed by atoms with van der Waals surface area (Å²) in [5.41, 5.74) is 0. The zero-order valence-corrected chi connectivity index (χ0v) is 11.8. The van der Waals surface area contributed by atoms with E-state index in [0.29, 0.717) is 19.5 Å². The second-order valence-corrected chi connectivity index (χ2v) is 6.23. The van der Waals surface area contributed by atoms with Gasteiger partial charge in [-0.1, -0.05) is 0 Å². The predicted molar refractivity (Wildman–Crippen MR) is 69.8 cm³/mol. The Bertz CT molecular complexity index is 434. The van der Waals surface area contributed by atoms with E-state index in [2.05, 4.69) is 5.32 Å². The molecule has 0 bridgehead atoms. The molecule has 2 heterocycles. The zero-order valence-electron chi connectivity index (χ0n) is 11.8. The lowest BCUT2D eigenvalue weighted by molar-refractivity contribution is -0.150. The van der Waals surface area contributed by atoms with E-state index in [4.69, 9.17) is 4.74 Å². The van der Waals surface area contributed by atoms with Crippen molar-refractivity contribution in [2.24, 2.45) is 5.92 Å². The number of piperidine rings is 1. The van der Waals surface area contributed by atoms with Gasteiger partial charge in [-0.25, -0.2) is 8.78 Å². The number of ether oxygens (including phenoxy) is 1. The third-order valence-corrected chi connectivity index (χ3v) is 4.70. The van der Waals surface area contributed by atoms with Crippen LogP contribution in [0.5, 0.6) is 0 Å². The number of hydrogen-bond acceptors (Lipinski definition) is 3. The van der Waals surface area contributed by atoms with Crippen molar-refractivity contribution in [1.82, 2.24) is 10.2 Å². The Kier molecular flexibility index (Phi) is 3.86. The Balaban J connectivity index is 1.57. The molecule has 2 saturated heterocycles. The summed E-state index contributed by atoms with van der Waals surface area (Å²) >= 11 is 0. The fraction of sp³-hybridized carbons (Fsp3) is 0.857. The Labute approximate surface area is 122 Å². The largest absolute Gasteiger partial charge is 0.366 e. The first-order valence-electron chi connectivity index (χ1n) is 7.52. The molecule has 2 aliphatic heterocycles. The van der Waals surface area contributed by atoms with Gasteiger partial charge in [-0.3, -0.25) is 9.59 Å². The number of carbonyl (C=O) groups is 2. The second-order valence-electron chi connectivity index (χ2n) is 6.23. The maximum absolute atomic E-state index is 13.2. The number of morpholine rings is 1. The summed E-state index contributed by atoms with van der Waals surface area (Å²) in [4.78, 5) is 25.5. The van der Waals surface area contributed by atoms with Gasteiger partial charge >= 0.3 is 0 Å². The molecule has 0 unspecified atom stereocenters. The van der Waals surface area contributed by atoms with Crippen LogP contribution < -0.4 is 5.32 Å². The smallest absolute Gasteiger partial charge is 0.248 e. The van der Waals surface area contributed by atoms with Crippen molar-refractivity contribution in [3.63, 3.8) is 0 Å². The molecule has 0 aromatic rings. The number of likely N-dealkylation sites (tertiary alicyclic amines) is 1. The Morgan fingerprint density at radius 3 is 2.71 bits per heavy atom. The quantitative estimate of drug-likeness (QED) is 0.784. The molecule has 0 aromatic carbocycles. The highest BCUT2D eigenvalue weighted by molar-refractivity contribution is 5.80. The number of nitrogens with zero attached hydrogens (tertiary/aromatic N) is 1. The van der Waals surface area contributed by atoms with Crippen LogP contribution in [0.15, 0.2) is 0 Å². The van der Waals surface area contributed by atoms with Gasteiger partial charge in [0, 0.05) is 31.8 Å². The molecule has 1 aliphatic carbocycles. The summed E-state index contributed by atoms with van der Waals surface area (Å²) < 4.78 is 31.8. The van der Waals surface area contributed by atoms with Gasteiger partial charge in [-0.2, -0.15) is 0 Å². The van der Waals surface area contributed by atoms with Crippen LogP contribution in [0.1, 0.15) is 32.1 Å². The summed E-state index contributed by atoms with van der Waals surface area (Å²) in [6, 6.07) is -0.172. The first-order valence-corrected chi connectivity index (χ1v) is 7.52. The number of halogens is 2. The molecule has 21 heavy (non-hydrogen) atoms. The third kappa shape index (κ3) is 3.17. The zero-order chi connectivity index (χ0) is 15.0. The van der Waals surface area contributed by atoms with Crippen LogP contribution in [0, 0.1) is 5.92 Å². The van der Waals surface area contributed by atoms with Crippen LogP contribution >= 0.6 is 0 Å². The van der Waals surface area contributed by atoms with Crippen LogP contribution in [0.3, 0.4) is 0 Å². The summed E-state index contributed by atoms with van der Waals surface area (Å²) in [5.74, 6) is -3.14. The van der Waals surface area contributed by atoms with Crippen molar-refractivity contribution in [2.45, 2.75) is 50.2 Å². The summed E-state index contributed by atoms with van der Waals surface area (Å²) in [5, 5.41) is 2.84. The minimum absolute atomic E-state index is 0.0394. The molecule has 118 valence electrons. The van der Waals surface area contributed by atoms with Crippen molar-refractivity contribution in [1.29, 1.82) is 0 Å². The lowest BCUT2D eigenvalue weighted by atomic mass is 9.85. The number of hydrogen-bond donors (Lipinski definition) is 1. The molecular weight excluding hydrogens is 282 g/mol. The van der Waals surface area contributed by atoms with Crippen LogP contribution in [-0.2, 0) is 14.3 Å². The lowest BCUT2D eigenvalue weighted by Crippen LogP contribution is -2.61. The summed E-state index contributed by atoms with van der Waals surface area (Å²) in [6.45, 7) is 1.07. The van der Waals surface area contributed by atoms with E-state index in [1.165, 1.54) is 0 Å². The van der Waals surface area contributed by atoms with Crippen LogP contribution in [0.4, 0.5) is 8.78 Å². The highest BCUT2D eigenvalue weighted by Crippen LogP contribution is 2.37. The third-order valence-electron chi connectivity index (χ3n) is 4.70. The van der Waals surface area contributed by atoms with Gasteiger partial charge in [-0.15, -0.1) is 0 Å². The van der Waals surface area contributed by atoms with Crippen molar-refractivity contribution in [3.05, 3.63) is 0 Å². The highest BCUT2D eigenvalue weighted by atomic mass is 19.3. The monoisotopic (exact) mass is 302 g/mol. The standard InChI is InChI=1S/C14H20F2N2O3/c15-14(16)4-1-9(2-5-14)13(20)18-6-3-11-10(7-18)17-12(19)8-21-11/h9-11H,1-8H2,(H,17,19)/t10-,11+/m0/s1. The van der Waals surface area contributed by atoms with Gasteiger partial charge in [0.25, 0.3) is 0 Å². The Morgan fingerprint density at radius 2 is 2.00 bits per heavy atom. The number of alkyl halides is 2. The Hall–Kier alpha value is -1.24. The van der Waals surface area contributed by atoms with Crippen molar-refractivity contribution in [2.75, 3.05) is 19.7 Å². The number of carbonyl (C=O) groups excluding carboxylic acids is 2. The summed E-state index contributed by atoms with van der Waals surface area (Å²) in [7, 11) is 0. The molecule has 2 atom stereocenters. The molecule has 3 rings (SSSR count). The maximum atomic E-state index is 13.2. The van der Waals surface area contributed by atoms with Gasteiger partial charge in [0.1, 0.15) is 6.61 Å². The molecule has 0 spiro atoms. The van der Waals surface area contributed by atoms with Crippen molar-refractivity contribution in [3.8, 4) is 0 Å². The topological polar surface area (TPSA) is 58.6 Å². The first kappa shape index (κ1) is 14.7. The molecule has 7 heteroatoms. The van der Waals surface area contributed by atoms with Gasteiger partial charge in [0.2, 0.25) is 17.7 Å². The number of amides is 2. The number of fused-ring (bicyclic) bond motifs is 1. The van der Waals surface area contributed by atoms with E-state index in [-0.39, 0.29) is 62.2 Å². The molecular formula is C14H20F2N2O3. The van der Waals surface area contributed by atoms with Crippen LogP contribution in [0.25, 0.3) is 0 Å². The predicted octanol–water partition coefficient (Wildman–Crippen LogP) is 0.928. The van der Waals surface area contributed by atoms with E-state index in [0.717, 1.165) is 0 Å². The van der Waals surface area contributed by atoms with Gasteiger partial charge in [-0.05, 0) is 19.3 Å². The minimum Gasteiger partial charge on any atom is -0.366 e. The minimum atomic E-state index is -2.62. The normalized spacial score (nSPS) is 33.2. The molecule has 2 amide bonds. The van der Waals surface area contributed by atoms with E-state index in [1.54, 1.807) is 4.90 Å². The van der Waals surface area contributed by atoms with E-state index in [1.807, 2.05) is 0 Å². The van der Waals surface area contributed by atoms with Gasteiger partial charge in [0.15, 0.2) is 0 Å². The van der Waals surface area contributed by atoms with Gasteiger partial charge < -0.3 is 15.0 Å². The molecule has 1 saturated carbocycles. The fourth-order valence-electron chi connectivity index (χ4n) is 3.45. The van der Waals surface area contributed by atoms with E-state index < -0.39 is 5.92 Å². The maximum Gasteiger partial charge on any atom is 0.248 e. The van der Waals surface area contributed by atoms with Gasteiger partial charge in [0.05, 0.1) is 12.1 Å². The van der Waals surface area contributed by atoms with Crippen molar-refractivity contribution >= 4 is 11.8 Å². The SMILES string of the molecule is O=C1CO[C@@H]2CCN(C(=O)C3CCC(F)(F)CC3)C[C@@H]2N1. The Morgan fingerprint density at radius 1 is 1.29 bits per heavy atom. The molecule has 1 N–H and O–H groups in total. The number of nitrogens with one attached hydrogen (secondary N) is 1. The second kappa shape index (κ2) is 5.51. The van der Waals surface area contributed by atoms with E-state index >= 15 is 0 Å². The summed E-state index contributed by atoms with van der Waals surface area (Å²) in [6.07, 6.45) is 0.729. The van der Waals surface area contributed by atoms with Crippen molar-refractivity contribution < 1.29 is 23.1 Å². The molecule has 3 aliphatic rings. The highest BCUT2D eigenvalue weighted by Gasteiger charge is 2.41. The fourth-order valence-corrected chi connectivity index (χ4v) is 3.45. The average molecular weight is 302 g/mol. The molecule has 0 radical (unpaired) electrons. The van der Waals surface area contributed by atoms with Crippen LogP contribution in [0.2, 0.25) is 0 Å². The molecule has 5 nitrogen and oxygen atoms in total. The van der Waals surface area contributed by atoms with E-state index in [9.17, 15) is 18.4 Å². The van der Waals surface area contributed by atoms with Crippen LogP contribution in [-0.4, -0.2) is 54.5 Å². The lowest BCUT2D eigenvalue weighted by Gasteiger charge is -2.42. The number of rotatable bonds is 1. The molecule has 0 aromatic heterocycles. The average Bonchev–Trinajstić information content (AvgIpc) is 2.45. The first-order chi connectivity index (χ1) is 9.94.